The summed E-state index contributed by atoms with van der Waals surface area (Å²) in [7, 11) is 1.45. The Morgan fingerprint density at radius 1 is 1.27 bits per heavy atom. The van der Waals surface area contributed by atoms with Crippen molar-refractivity contribution in [3.8, 4) is 11.5 Å². The smallest absolute Gasteiger partial charge is 0.255 e. The Hall–Kier alpha value is -2.60. The van der Waals surface area contributed by atoms with Gasteiger partial charge in [0.2, 0.25) is 0 Å². The van der Waals surface area contributed by atoms with Crippen molar-refractivity contribution in [3.63, 3.8) is 0 Å². The maximum Gasteiger partial charge on any atom is 0.255 e. The number of hydrogen-bond donors (Lipinski definition) is 3. The van der Waals surface area contributed by atoms with E-state index in [0.29, 0.717) is 11.3 Å². The molecule has 0 spiro atoms. The van der Waals surface area contributed by atoms with Crippen LogP contribution < -0.4 is 10.1 Å². The number of benzene rings is 2. The van der Waals surface area contributed by atoms with Crippen LogP contribution in [0.2, 0.25) is 0 Å². The Labute approximate surface area is 127 Å². The molecule has 0 saturated carbocycles. The molecule has 116 valence electrons. The van der Waals surface area contributed by atoms with E-state index in [4.69, 9.17) is 4.74 Å². The quantitative estimate of drug-likeness (QED) is 0.789. The van der Waals surface area contributed by atoms with Crippen LogP contribution in [0, 0.1) is 5.82 Å². The molecule has 2 aromatic rings. The summed E-state index contributed by atoms with van der Waals surface area (Å²) in [6, 6.07) is 9.64. The lowest BCUT2D eigenvalue weighted by atomic mass is 10.1. The van der Waals surface area contributed by atoms with Gasteiger partial charge in [0.25, 0.3) is 5.91 Å². The number of aliphatic hydroxyl groups excluding tert-OH is 1. The van der Waals surface area contributed by atoms with Gasteiger partial charge in [0.15, 0.2) is 0 Å². The Morgan fingerprint density at radius 2 is 1.95 bits per heavy atom. The van der Waals surface area contributed by atoms with Crippen molar-refractivity contribution in [3.05, 3.63) is 59.4 Å². The molecule has 0 fully saturated rings. The lowest BCUT2D eigenvalue weighted by Crippen LogP contribution is -2.28. The highest BCUT2D eigenvalue weighted by Gasteiger charge is 2.14. The SMILES string of the molecule is COc1ccc(C(=O)NCC(O)c2ccc(F)cc2)c(O)c1. The molecule has 1 atom stereocenters. The predicted octanol–water partition coefficient (Wildman–Crippen LogP) is 2.00. The van der Waals surface area contributed by atoms with Gasteiger partial charge in [-0.25, -0.2) is 4.39 Å². The van der Waals surface area contributed by atoms with Gasteiger partial charge in [-0.1, -0.05) is 12.1 Å². The minimum Gasteiger partial charge on any atom is -0.507 e. The van der Waals surface area contributed by atoms with E-state index in [-0.39, 0.29) is 17.9 Å². The average molecular weight is 305 g/mol. The Balaban J connectivity index is 1.99. The van der Waals surface area contributed by atoms with Gasteiger partial charge in [0.1, 0.15) is 17.3 Å². The number of phenols is 1. The summed E-state index contributed by atoms with van der Waals surface area (Å²) in [4.78, 5) is 12.0. The van der Waals surface area contributed by atoms with Gasteiger partial charge < -0.3 is 20.3 Å². The number of ether oxygens (including phenoxy) is 1. The van der Waals surface area contributed by atoms with Crippen LogP contribution in [-0.4, -0.2) is 29.8 Å². The first kappa shape index (κ1) is 15.8. The van der Waals surface area contributed by atoms with Gasteiger partial charge in [-0.15, -0.1) is 0 Å². The highest BCUT2D eigenvalue weighted by Crippen LogP contribution is 2.23. The van der Waals surface area contributed by atoms with Crippen LogP contribution in [0.15, 0.2) is 42.5 Å². The Kier molecular flexibility index (Phi) is 4.95. The van der Waals surface area contributed by atoms with Gasteiger partial charge in [-0.3, -0.25) is 4.79 Å². The summed E-state index contributed by atoms with van der Waals surface area (Å²) in [5.41, 5.74) is 0.563. The van der Waals surface area contributed by atoms with E-state index >= 15 is 0 Å². The number of carbonyl (C=O) groups excluding carboxylic acids is 1. The summed E-state index contributed by atoms with van der Waals surface area (Å²) >= 11 is 0. The van der Waals surface area contributed by atoms with Crippen LogP contribution in [0.1, 0.15) is 22.0 Å². The fourth-order valence-corrected chi connectivity index (χ4v) is 1.92. The van der Waals surface area contributed by atoms with Gasteiger partial charge in [0.05, 0.1) is 18.8 Å². The molecule has 5 nitrogen and oxygen atoms in total. The predicted molar refractivity (Wildman–Crippen MR) is 78.4 cm³/mol. The third-order valence-electron chi connectivity index (χ3n) is 3.16. The van der Waals surface area contributed by atoms with E-state index in [2.05, 4.69) is 5.32 Å². The molecule has 6 heteroatoms. The average Bonchev–Trinajstić information content (AvgIpc) is 2.52. The molecule has 0 aliphatic carbocycles. The van der Waals surface area contributed by atoms with Crippen molar-refractivity contribution in [2.45, 2.75) is 6.10 Å². The normalized spacial score (nSPS) is 11.8. The molecular formula is C16H16FNO4. The van der Waals surface area contributed by atoms with Crippen LogP contribution in [0.4, 0.5) is 4.39 Å². The Morgan fingerprint density at radius 3 is 2.55 bits per heavy atom. The first-order valence-electron chi connectivity index (χ1n) is 6.60. The molecule has 0 bridgehead atoms. The number of methoxy groups -OCH3 is 1. The van der Waals surface area contributed by atoms with Crippen molar-refractivity contribution in [2.75, 3.05) is 13.7 Å². The van der Waals surface area contributed by atoms with Crippen molar-refractivity contribution in [1.82, 2.24) is 5.32 Å². The van der Waals surface area contributed by atoms with Gasteiger partial charge in [-0.2, -0.15) is 0 Å². The summed E-state index contributed by atoms with van der Waals surface area (Å²) in [5.74, 6) is -0.710. The third-order valence-corrected chi connectivity index (χ3v) is 3.16. The number of aromatic hydroxyl groups is 1. The Bertz CT molecular complexity index is 658. The second-order valence-corrected chi connectivity index (χ2v) is 4.66. The monoisotopic (exact) mass is 305 g/mol. The lowest BCUT2D eigenvalue weighted by Gasteiger charge is -2.13. The van der Waals surface area contributed by atoms with Crippen LogP contribution in [-0.2, 0) is 0 Å². The van der Waals surface area contributed by atoms with Crippen molar-refractivity contribution in [1.29, 1.82) is 0 Å². The maximum absolute atomic E-state index is 12.8. The molecular weight excluding hydrogens is 289 g/mol. The van der Waals surface area contributed by atoms with E-state index in [1.54, 1.807) is 6.07 Å². The fraction of sp³-hybridized carbons (Fsp3) is 0.188. The molecule has 0 aliphatic heterocycles. The number of nitrogens with one attached hydrogen (secondary N) is 1. The first-order valence-corrected chi connectivity index (χ1v) is 6.60. The molecule has 2 rings (SSSR count). The minimum absolute atomic E-state index is 0.0596. The molecule has 22 heavy (non-hydrogen) atoms. The number of halogens is 1. The number of carbonyl (C=O) groups is 1. The van der Waals surface area contributed by atoms with Gasteiger partial charge in [-0.05, 0) is 29.8 Å². The first-order chi connectivity index (χ1) is 10.5. The zero-order chi connectivity index (χ0) is 16.1. The van der Waals surface area contributed by atoms with E-state index in [1.807, 2.05) is 0 Å². The topological polar surface area (TPSA) is 78.8 Å². The minimum atomic E-state index is -0.968. The van der Waals surface area contributed by atoms with Gasteiger partial charge >= 0.3 is 0 Å². The number of aliphatic hydroxyl groups is 1. The molecule has 1 amide bonds. The zero-order valence-electron chi connectivity index (χ0n) is 11.9. The van der Waals surface area contributed by atoms with E-state index < -0.39 is 17.8 Å². The summed E-state index contributed by atoms with van der Waals surface area (Å²) < 4.78 is 17.7. The fourth-order valence-electron chi connectivity index (χ4n) is 1.92. The third kappa shape index (κ3) is 3.73. The molecule has 1 unspecified atom stereocenters. The van der Waals surface area contributed by atoms with Crippen molar-refractivity contribution >= 4 is 5.91 Å². The second kappa shape index (κ2) is 6.91. The molecule has 0 aromatic heterocycles. The van der Waals surface area contributed by atoms with E-state index in [1.165, 1.54) is 43.5 Å². The number of rotatable bonds is 5. The highest BCUT2D eigenvalue weighted by molar-refractivity contribution is 5.97. The van der Waals surface area contributed by atoms with E-state index in [0.717, 1.165) is 0 Å². The summed E-state index contributed by atoms with van der Waals surface area (Å²) in [6.45, 7) is -0.0596. The molecule has 0 saturated heterocycles. The summed E-state index contributed by atoms with van der Waals surface area (Å²) in [5, 5.41) is 22.2. The van der Waals surface area contributed by atoms with Crippen LogP contribution in [0.5, 0.6) is 11.5 Å². The van der Waals surface area contributed by atoms with Gasteiger partial charge in [0, 0.05) is 12.6 Å². The largest absolute Gasteiger partial charge is 0.507 e. The lowest BCUT2D eigenvalue weighted by molar-refractivity contribution is 0.0913. The van der Waals surface area contributed by atoms with E-state index in [9.17, 15) is 19.4 Å². The number of amides is 1. The van der Waals surface area contributed by atoms with Crippen LogP contribution in [0.3, 0.4) is 0 Å². The molecule has 0 aliphatic rings. The van der Waals surface area contributed by atoms with Crippen molar-refractivity contribution < 1.29 is 24.1 Å². The molecule has 0 radical (unpaired) electrons. The molecule has 2 aromatic carbocycles. The van der Waals surface area contributed by atoms with Crippen LogP contribution in [0.25, 0.3) is 0 Å². The molecule has 0 heterocycles. The zero-order valence-corrected chi connectivity index (χ0v) is 11.9. The summed E-state index contributed by atoms with van der Waals surface area (Å²) in [6.07, 6.45) is -0.968. The maximum atomic E-state index is 12.8. The standard InChI is InChI=1S/C16H16FNO4/c1-22-12-6-7-13(14(19)8-12)16(21)18-9-15(20)10-2-4-11(17)5-3-10/h2-8,15,19-20H,9H2,1H3,(H,18,21). The number of hydrogen-bond acceptors (Lipinski definition) is 4. The van der Waals surface area contributed by atoms with Crippen LogP contribution >= 0.6 is 0 Å². The van der Waals surface area contributed by atoms with Crippen molar-refractivity contribution in [2.24, 2.45) is 0 Å². The highest BCUT2D eigenvalue weighted by atomic mass is 19.1. The number of phenolic OH excluding ortho intramolecular Hbond substituents is 1. The second-order valence-electron chi connectivity index (χ2n) is 4.66. The molecule has 3 N–H and O–H groups in total.